The number of nitrogens with zero attached hydrogens (tertiary/aromatic N) is 8. The number of fused-ring (bicyclic) bond motifs is 4. The summed E-state index contributed by atoms with van der Waals surface area (Å²) in [7, 11) is 3.26. The number of alkyl halides is 2. The molecule has 8 heterocycles. The van der Waals surface area contributed by atoms with Gasteiger partial charge in [-0.25, -0.2) is 22.5 Å². The van der Waals surface area contributed by atoms with E-state index in [4.69, 9.17) is 4.74 Å². The maximum absolute atomic E-state index is 16.2. The summed E-state index contributed by atoms with van der Waals surface area (Å²) < 4.78 is 70.2. The second-order valence-corrected chi connectivity index (χ2v) is 19.8. The average Bonchev–Trinajstić information content (AvgIpc) is 4.12. The molecule has 2 aromatic carbocycles. The minimum atomic E-state index is -3.17. The molecule has 2 amide bonds. The molecule has 1 saturated carbocycles. The Bertz CT molecular complexity index is 2840. The molecular weight excluding hydrogens is 871 g/mol. The van der Waals surface area contributed by atoms with E-state index in [1.54, 1.807) is 38.4 Å². The molecule has 1 aliphatic carbocycles. The van der Waals surface area contributed by atoms with Crippen molar-refractivity contribution < 1.29 is 31.9 Å². The van der Waals surface area contributed by atoms with Crippen LogP contribution in [0.15, 0.2) is 41.3 Å². The molecule has 5 aliphatic heterocycles. The third kappa shape index (κ3) is 7.99. The van der Waals surface area contributed by atoms with Crippen molar-refractivity contribution in [2.24, 2.45) is 31.3 Å². The van der Waals surface area contributed by atoms with Crippen molar-refractivity contribution in [3.63, 3.8) is 0 Å². The molecule has 4 saturated heterocycles. The van der Waals surface area contributed by atoms with Gasteiger partial charge in [0.25, 0.3) is 5.56 Å². The fourth-order valence-electron chi connectivity index (χ4n) is 11.4. The Labute approximate surface area is 384 Å². The maximum Gasteiger partial charge on any atom is 0.301 e. The highest BCUT2D eigenvalue weighted by Gasteiger charge is 2.51. The van der Waals surface area contributed by atoms with Gasteiger partial charge in [-0.2, -0.15) is 10.1 Å². The fraction of sp³-hybridized carbons (Fsp3) is 0.542. The van der Waals surface area contributed by atoms with Crippen LogP contribution in [0.4, 0.5) is 46.4 Å². The number of hydrogen-bond donors (Lipinski definition) is 3. The molecule has 5 aromatic rings. The van der Waals surface area contributed by atoms with Gasteiger partial charge in [-0.05, 0) is 118 Å². The Balaban J connectivity index is 0.691. The smallest absolute Gasteiger partial charge is 0.301 e. The minimum Gasteiger partial charge on any atom is -0.480 e. The van der Waals surface area contributed by atoms with Crippen molar-refractivity contribution >= 4 is 62.4 Å². The summed E-state index contributed by atoms with van der Waals surface area (Å²) in [4.78, 5) is 53.4. The molecule has 1 spiro atoms. The summed E-state index contributed by atoms with van der Waals surface area (Å²) in [6.07, 6.45) is 9.20. The van der Waals surface area contributed by atoms with Gasteiger partial charge in [0.1, 0.15) is 5.52 Å². The average molecular weight is 926 g/mol. The number of carbonyl (C=O) groups excluding carboxylic acids is 2. The van der Waals surface area contributed by atoms with Gasteiger partial charge in [0, 0.05) is 69.7 Å². The number of carbonyl (C=O) groups is 2. The quantitative estimate of drug-likeness (QED) is 0.114. The van der Waals surface area contributed by atoms with E-state index in [1.807, 2.05) is 6.07 Å². The zero-order valence-corrected chi connectivity index (χ0v) is 37.7. The lowest BCUT2D eigenvalue weighted by Gasteiger charge is -2.47. The molecule has 19 heteroatoms. The number of halogens is 4. The first kappa shape index (κ1) is 43.6. The van der Waals surface area contributed by atoms with Crippen molar-refractivity contribution in [1.82, 2.24) is 34.5 Å². The molecule has 11 rings (SSSR count). The molecule has 2 atom stereocenters. The van der Waals surface area contributed by atoms with Gasteiger partial charge < -0.3 is 34.6 Å². The number of anilines is 5. The van der Waals surface area contributed by atoms with Crippen LogP contribution in [0.2, 0.25) is 0 Å². The fourth-order valence-corrected chi connectivity index (χ4v) is 11.4. The molecule has 0 bridgehead atoms. The van der Waals surface area contributed by atoms with Crippen LogP contribution in [0, 0.1) is 28.9 Å². The monoisotopic (exact) mass is 925 g/mol. The largest absolute Gasteiger partial charge is 0.480 e. The van der Waals surface area contributed by atoms with Crippen LogP contribution in [0.1, 0.15) is 75.8 Å². The van der Waals surface area contributed by atoms with Crippen LogP contribution >= 0.6 is 0 Å². The first-order valence-corrected chi connectivity index (χ1v) is 23.7. The Hall–Kier alpha value is -5.98. The first-order chi connectivity index (χ1) is 32.2. The van der Waals surface area contributed by atoms with E-state index in [0.29, 0.717) is 70.0 Å². The van der Waals surface area contributed by atoms with Crippen molar-refractivity contribution in [2.75, 3.05) is 72.9 Å². The van der Waals surface area contributed by atoms with E-state index >= 15 is 17.6 Å². The Kier molecular flexibility index (Phi) is 10.8. The van der Waals surface area contributed by atoms with E-state index in [0.717, 1.165) is 84.3 Å². The van der Waals surface area contributed by atoms with Crippen LogP contribution in [0.5, 0.6) is 5.75 Å². The molecule has 67 heavy (non-hydrogen) atoms. The second kappa shape index (κ2) is 16.7. The number of ether oxygens (including phenoxy) is 1. The van der Waals surface area contributed by atoms with E-state index in [-0.39, 0.29) is 52.6 Å². The summed E-state index contributed by atoms with van der Waals surface area (Å²) in [5, 5.41) is 14.1. The van der Waals surface area contributed by atoms with Crippen LogP contribution < -0.4 is 36.0 Å². The van der Waals surface area contributed by atoms with E-state index in [2.05, 4.69) is 45.7 Å². The number of hydrogen-bond acceptors (Lipinski definition) is 12. The highest BCUT2D eigenvalue weighted by molar-refractivity contribution is 6.03. The molecule has 3 N–H and O–H groups in total. The molecule has 0 radical (unpaired) electrons. The summed E-state index contributed by atoms with van der Waals surface area (Å²) >= 11 is 0. The number of imide groups is 1. The zero-order chi connectivity index (χ0) is 46.4. The van der Waals surface area contributed by atoms with Gasteiger partial charge in [0.05, 0.1) is 40.7 Å². The van der Waals surface area contributed by atoms with E-state index in [9.17, 15) is 14.4 Å². The van der Waals surface area contributed by atoms with Gasteiger partial charge in [0.2, 0.25) is 23.5 Å². The number of aryl methyl sites for hydroxylation is 2. The molecule has 5 fully saturated rings. The lowest BCUT2D eigenvalue weighted by Crippen LogP contribution is -2.48. The van der Waals surface area contributed by atoms with Crippen LogP contribution in [0.3, 0.4) is 0 Å². The Morgan fingerprint density at radius 1 is 0.881 bits per heavy atom. The van der Waals surface area contributed by atoms with Crippen LogP contribution in [0.25, 0.3) is 21.8 Å². The standard InChI is InChI=1S/C48H55F4N11O4/c1-59-34-8-5-29(23-32(34)39-41(45(59)66)67-26-48(51,52)42(56-39)28-3-4-28)54-43-33(49)24-53-46(57-43)63-21-15-47(16-22-63)13-19-61(20-14-47)25-27-11-17-62(18-12-27)35-9-6-30-38(58-60(2)40(30)37(35)50)31-7-10-36(64)55-44(31)65/h5-6,8-9,23-24,27-28,31,42,56H,3-4,7,10-22,25-26H2,1-2H3,(H,53,54,57)(H,55,64,65). The second-order valence-electron chi connectivity index (χ2n) is 19.8. The number of piperidine rings is 4. The van der Waals surface area contributed by atoms with Gasteiger partial charge >= 0.3 is 5.92 Å². The highest BCUT2D eigenvalue weighted by Crippen LogP contribution is 2.46. The summed E-state index contributed by atoms with van der Waals surface area (Å²) in [5.74, 6) is -4.83. The third-order valence-electron chi connectivity index (χ3n) is 15.6. The summed E-state index contributed by atoms with van der Waals surface area (Å²) in [6.45, 7) is 5.18. The first-order valence-electron chi connectivity index (χ1n) is 23.7. The Morgan fingerprint density at radius 2 is 1.63 bits per heavy atom. The number of pyridine rings is 1. The molecule has 354 valence electrons. The number of benzene rings is 2. The SMILES string of the molecule is Cn1nc(C2CCC(=O)NC2=O)c2ccc(N3CCC(CN4CCC5(CC4)CCN(c4ncc(F)c(Nc6ccc7c(c6)c6c(c(=O)n7C)OCC(F)(F)C(C7CC7)N6)n4)CC5)CC3)c(F)c21. The summed E-state index contributed by atoms with van der Waals surface area (Å²) in [5.41, 5.74) is 2.34. The predicted molar refractivity (Wildman–Crippen MR) is 245 cm³/mol. The molecule has 6 aliphatic rings. The zero-order valence-electron chi connectivity index (χ0n) is 37.7. The van der Waals surface area contributed by atoms with Gasteiger partial charge in [0.15, 0.2) is 24.1 Å². The van der Waals surface area contributed by atoms with Crippen molar-refractivity contribution in [3.05, 3.63) is 64.2 Å². The van der Waals surface area contributed by atoms with Gasteiger partial charge in [-0.15, -0.1) is 0 Å². The lowest BCUT2D eigenvalue weighted by atomic mass is 9.71. The summed E-state index contributed by atoms with van der Waals surface area (Å²) in [6, 6.07) is 7.61. The molecule has 2 unspecified atom stereocenters. The number of rotatable bonds is 8. The minimum absolute atomic E-state index is 0.00785. The third-order valence-corrected chi connectivity index (χ3v) is 15.6. The predicted octanol–water partition coefficient (Wildman–Crippen LogP) is 6.57. The van der Waals surface area contributed by atoms with Crippen molar-refractivity contribution in [1.29, 1.82) is 0 Å². The highest BCUT2D eigenvalue weighted by atomic mass is 19.3. The van der Waals surface area contributed by atoms with E-state index < -0.39 is 35.9 Å². The molecule has 15 nitrogen and oxygen atoms in total. The number of amides is 2. The van der Waals surface area contributed by atoms with Crippen molar-refractivity contribution in [2.45, 2.75) is 82.1 Å². The normalized spacial score (nSPS) is 23.5. The molecule has 3 aromatic heterocycles. The van der Waals surface area contributed by atoms with Gasteiger partial charge in [-0.1, -0.05) is 0 Å². The van der Waals surface area contributed by atoms with Gasteiger partial charge in [-0.3, -0.25) is 24.4 Å². The van der Waals surface area contributed by atoms with Crippen molar-refractivity contribution in [3.8, 4) is 5.75 Å². The number of likely N-dealkylation sites (tertiary alicyclic amines) is 1. The lowest BCUT2D eigenvalue weighted by molar-refractivity contribution is -0.134. The van der Waals surface area contributed by atoms with Crippen LogP contribution in [-0.4, -0.2) is 105 Å². The number of nitrogens with one attached hydrogen (secondary N) is 3. The maximum atomic E-state index is 16.2. The van der Waals surface area contributed by atoms with E-state index in [1.165, 1.54) is 15.4 Å². The molecular formula is C48H55F4N11O4. The van der Waals surface area contributed by atoms with Crippen LogP contribution in [-0.2, 0) is 23.7 Å². The number of aromatic nitrogens is 5. The Morgan fingerprint density at radius 3 is 2.36 bits per heavy atom. The topological polar surface area (TPSA) is 155 Å².